The number of carbonyl (C=O) groups excluding carboxylic acids is 1. The molecule has 10 heteroatoms. The highest BCUT2D eigenvalue weighted by atomic mass is 35.5. The number of hydrogen-bond donors (Lipinski definition) is 1. The molecule has 0 amide bonds. The Labute approximate surface area is 139 Å². The van der Waals surface area contributed by atoms with E-state index in [1.54, 1.807) is 12.9 Å². The first-order valence-corrected chi connectivity index (χ1v) is 7.04. The molecule has 0 saturated heterocycles. The van der Waals surface area contributed by atoms with Gasteiger partial charge in [0.15, 0.2) is 0 Å². The molecule has 2 rings (SSSR count). The second-order valence-electron chi connectivity index (χ2n) is 4.43. The fraction of sp³-hybridized carbons (Fsp3) is 0.308. The molecule has 1 aromatic rings. The lowest BCUT2D eigenvalue weighted by atomic mass is 10.1. The Morgan fingerprint density at radius 2 is 1.96 bits per heavy atom. The summed E-state index contributed by atoms with van der Waals surface area (Å²) in [6.07, 6.45) is -5.73. The maximum Gasteiger partial charge on any atom is 0.416 e. The van der Waals surface area contributed by atoms with Gasteiger partial charge in [0, 0.05) is 0 Å². The van der Waals surface area contributed by atoms with Crippen LogP contribution in [0.3, 0.4) is 0 Å². The molecular formula is C13H10Cl2F3N3O2. The van der Waals surface area contributed by atoms with Crippen LogP contribution in [0.25, 0.3) is 0 Å². The molecule has 1 atom stereocenters. The topological polar surface area (TPSA) is 67.9 Å². The van der Waals surface area contributed by atoms with E-state index in [0.717, 1.165) is 5.01 Å². The standard InChI is InChI=1S/C13H10Cl2F3N3O2/c1-2-23-12-7(5-22)11(19)21(20-12)10-8(14)3-6(4-9(10)15)13(16,17)18/h3-4,11H,2,19H2,1H3. The second-order valence-corrected chi connectivity index (χ2v) is 5.24. The van der Waals surface area contributed by atoms with E-state index in [1.807, 2.05) is 0 Å². The summed E-state index contributed by atoms with van der Waals surface area (Å²) in [4.78, 5) is 11.0. The lowest BCUT2D eigenvalue weighted by Gasteiger charge is -2.22. The van der Waals surface area contributed by atoms with Crippen molar-refractivity contribution < 1.29 is 22.7 Å². The van der Waals surface area contributed by atoms with Gasteiger partial charge in [-0.1, -0.05) is 23.2 Å². The summed E-state index contributed by atoms with van der Waals surface area (Å²) in [5.41, 5.74) is 4.69. The van der Waals surface area contributed by atoms with Gasteiger partial charge in [-0.2, -0.15) is 13.2 Å². The molecule has 0 aromatic heterocycles. The number of hydrazone groups is 1. The average Bonchev–Trinajstić information content (AvgIpc) is 2.74. The molecule has 0 aliphatic carbocycles. The Morgan fingerprint density at radius 3 is 2.39 bits per heavy atom. The van der Waals surface area contributed by atoms with Crippen LogP contribution in [0.4, 0.5) is 18.9 Å². The highest BCUT2D eigenvalue weighted by molar-refractivity contribution is 6.39. The van der Waals surface area contributed by atoms with Crippen molar-refractivity contribution >= 4 is 40.7 Å². The molecule has 23 heavy (non-hydrogen) atoms. The number of alkyl halides is 3. The summed E-state index contributed by atoms with van der Waals surface area (Å²) in [7, 11) is 0. The van der Waals surface area contributed by atoms with E-state index in [2.05, 4.69) is 5.10 Å². The summed E-state index contributed by atoms with van der Waals surface area (Å²) >= 11 is 11.8. The lowest BCUT2D eigenvalue weighted by Crippen LogP contribution is -2.37. The van der Waals surface area contributed by atoms with Crippen LogP contribution in [0, 0.1) is 0 Å². The molecule has 0 fully saturated rings. The molecule has 0 radical (unpaired) electrons. The molecule has 0 spiro atoms. The number of nitrogens with two attached hydrogens (primary N) is 1. The highest BCUT2D eigenvalue weighted by Crippen LogP contribution is 2.42. The Kier molecular flexibility index (Phi) is 4.91. The molecule has 1 aliphatic rings. The van der Waals surface area contributed by atoms with E-state index in [0.29, 0.717) is 12.1 Å². The number of nitrogens with zero attached hydrogens (tertiary/aromatic N) is 2. The predicted octanol–water partition coefficient (Wildman–Crippen LogP) is 3.23. The summed E-state index contributed by atoms with van der Waals surface area (Å²) in [5.74, 6) is 1.52. The van der Waals surface area contributed by atoms with Gasteiger partial charge in [0.25, 0.3) is 0 Å². The van der Waals surface area contributed by atoms with Gasteiger partial charge in [-0.05, 0) is 19.1 Å². The van der Waals surface area contributed by atoms with Gasteiger partial charge < -0.3 is 10.5 Å². The van der Waals surface area contributed by atoms with Crippen molar-refractivity contribution in [3.05, 3.63) is 33.3 Å². The van der Waals surface area contributed by atoms with E-state index in [4.69, 9.17) is 33.7 Å². The maximum absolute atomic E-state index is 12.8. The van der Waals surface area contributed by atoms with Crippen molar-refractivity contribution in [3.63, 3.8) is 0 Å². The molecule has 1 aliphatic heterocycles. The number of benzene rings is 1. The highest BCUT2D eigenvalue weighted by Gasteiger charge is 2.37. The monoisotopic (exact) mass is 367 g/mol. The van der Waals surface area contributed by atoms with E-state index in [-0.39, 0.29) is 33.8 Å². The lowest BCUT2D eigenvalue weighted by molar-refractivity contribution is -0.137. The maximum atomic E-state index is 12.8. The van der Waals surface area contributed by atoms with E-state index >= 15 is 0 Å². The van der Waals surface area contributed by atoms with Crippen LogP contribution < -0.4 is 10.7 Å². The van der Waals surface area contributed by atoms with Gasteiger partial charge in [-0.15, -0.1) is 5.10 Å². The van der Waals surface area contributed by atoms with Gasteiger partial charge in [0.05, 0.1) is 27.9 Å². The first kappa shape index (κ1) is 17.6. The van der Waals surface area contributed by atoms with Crippen molar-refractivity contribution in [1.82, 2.24) is 0 Å². The second kappa shape index (κ2) is 6.41. The van der Waals surface area contributed by atoms with Crippen LogP contribution >= 0.6 is 23.2 Å². The summed E-state index contributed by atoms with van der Waals surface area (Å²) in [6, 6.07) is 1.40. The van der Waals surface area contributed by atoms with Crippen LogP contribution in [0.2, 0.25) is 10.0 Å². The minimum absolute atomic E-state index is 0.0590. The quantitative estimate of drug-likeness (QED) is 0.814. The van der Waals surface area contributed by atoms with Crippen LogP contribution in [0.5, 0.6) is 0 Å². The normalized spacial score (nSPS) is 18.0. The van der Waals surface area contributed by atoms with Crippen LogP contribution in [-0.2, 0) is 15.7 Å². The fourth-order valence-electron chi connectivity index (χ4n) is 1.95. The first-order valence-electron chi connectivity index (χ1n) is 6.28. The molecule has 1 unspecified atom stereocenters. The average molecular weight is 368 g/mol. The molecule has 0 bridgehead atoms. The third-order valence-electron chi connectivity index (χ3n) is 2.95. The molecular weight excluding hydrogens is 358 g/mol. The number of halogens is 5. The fourth-order valence-corrected chi connectivity index (χ4v) is 2.61. The predicted molar refractivity (Wildman–Crippen MR) is 80.2 cm³/mol. The van der Waals surface area contributed by atoms with Crippen molar-refractivity contribution in [2.24, 2.45) is 10.8 Å². The summed E-state index contributed by atoms with van der Waals surface area (Å²) < 4.78 is 43.4. The van der Waals surface area contributed by atoms with Crippen molar-refractivity contribution in [2.45, 2.75) is 19.3 Å². The number of anilines is 1. The Hall–Kier alpha value is -1.73. The zero-order chi connectivity index (χ0) is 17.4. The minimum Gasteiger partial charge on any atom is -0.476 e. The van der Waals surface area contributed by atoms with E-state index in [1.165, 1.54) is 0 Å². The molecule has 0 saturated carbocycles. The number of rotatable bonds is 2. The van der Waals surface area contributed by atoms with Gasteiger partial charge in [0.1, 0.15) is 17.7 Å². The Morgan fingerprint density at radius 1 is 1.39 bits per heavy atom. The summed E-state index contributed by atoms with van der Waals surface area (Å²) in [6.45, 7) is 1.87. The van der Waals surface area contributed by atoms with Gasteiger partial charge in [0.2, 0.25) is 5.90 Å². The molecule has 2 N–H and O–H groups in total. The van der Waals surface area contributed by atoms with Crippen molar-refractivity contribution in [1.29, 1.82) is 0 Å². The van der Waals surface area contributed by atoms with Crippen LogP contribution in [0.1, 0.15) is 12.5 Å². The summed E-state index contributed by atoms with van der Waals surface area (Å²) in [5, 5.41) is 4.35. The van der Waals surface area contributed by atoms with Crippen LogP contribution in [0.15, 0.2) is 22.8 Å². The number of ether oxygens (including phenoxy) is 1. The molecule has 124 valence electrons. The third kappa shape index (κ3) is 3.30. The van der Waals surface area contributed by atoms with Crippen molar-refractivity contribution in [2.75, 3.05) is 11.6 Å². The molecule has 5 nitrogen and oxygen atoms in total. The third-order valence-corrected chi connectivity index (χ3v) is 3.53. The number of hydrogen-bond acceptors (Lipinski definition) is 5. The Bertz CT molecular complexity index is 692. The van der Waals surface area contributed by atoms with E-state index < -0.39 is 17.9 Å². The SMILES string of the molecule is CCOC1=NN(c2c(Cl)cc(C(F)(F)F)cc2Cl)C(N)C1=C=O. The first-order chi connectivity index (χ1) is 10.7. The van der Waals surface area contributed by atoms with Gasteiger partial charge in [-0.25, -0.2) is 9.80 Å². The largest absolute Gasteiger partial charge is 0.476 e. The van der Waals surface area contributed by atoms with Gasteiger partial charge in [-0.3, -0.25) is 0 Å². The molecule has 1 heterocycles. The van der Waals surface area contributed by atoms with Crippen LogP contribution in [-0.4, -0.2) is 24.6 Å². The van der Waals surface area contributed by atoms with Crippen molar-refractivity contribution in [3.8, 4) is 0 Å². The van der Waals surface area contributed by atoms with Gasteiger partial charge >= 0.3 is 6.18 Å². The zero-order valence-corrected chi connectivity index (χ0v) is 13.1. The smallest absolute Gasteiger partial charge is 0.416 e. The minimum atomic E-state index is -4.60. The Balaban J connectivity index is 2.53. The van der Waals surface area contributed by atoms with E-state index in [9.17, 15) is 18.0 Å². The zero-order valence-electron chi connectivity index (χ0n) is 11.6. The molecule has 1 aromatic carbocycles.